The van der Waals surface area contributed by atoms with Crippen molar-refractivity contribution < 1.29 is 9.47 Å². The van der Waals surface area contributed by atoms with Gasteiger partial charge in [0.05, 0.1) is 19.3 Å². The van der Waals surface area contributed by atoms with Crippen molar-refractivity contribution in [3.63, 3.8) is 0 Å². The van der Waals surface area contributed by atoms with E-state index >= 15 is 0 Å². The molecule has 0 bridgehead atoms. The Morgan fingerprint density at radius 1 is 1.50 bits per heavy atom. The fourth-order valence-corrected chi connectivity index (χ4v) is 2.91. The number of ether oxygens (including phenoxy) is 2. The van der Waals surface area contributed by atoms with Crippen molar-refractivity contribution >= 4 is 21.6 Å². The van der Waals surface area contributed by atoms with Crippen LogP contribution in [0.25, 0.3) is 0 Å². The van der Waals surface area contributed by atoms with E-state index in [1.165, 1.54) is 0 Å². The Morgan fingerprint density at radius 2 is 2.35 bits per heavy atom. The topological polar surface area (TPSA) is 33.7 Å². The lowest BCUT2D eigenvalue weighted by molar-refractivity contribution is -0.0191. The number of hydrogen-bond donors (Lipinski definition) is 1. The molecule has 0 aromatic heterocycles. The van der Waals surface area contributed by atoms with E-state index in [0.29, 0.717) is 6.61 Å². The maximum atomic E-state index is 5.81. The van der Waals surface area contributed by atoms with E-state index < -0.39 is 0 Å². The highest BCUT2D eigenvalue weighted by Gasteiger charge is 2.19. The van der Waals surface area contributed by atoms with E-state index in [1.54, 1.807) is 7.11 Å². The molecule has 112 valence electrons. The lowest BCUT2D eigenvalue weighted by atomic mass is 10.1. The molecular formula is C15H23BrN2O2. The summed E-state index contributed by atoms with van der Waals surface area (Å²) in [6.07, 6.45) is 0.248. The summed E-state index contributed by atoms with van der Waals surface area (Å²) in [7, 11) is 1.71. The summed E-state index contributed by atoms with van der Waals surface area (Å²) < 4.78 is 12.2. The van der Waals surface area contributed by atoms with Crippen molar-refractivity contribution in [1.29, 1.82) is 0 Å². The van der Waals surface area contributed by atoms with E-state index in [0.717, 1.165) is 48.5 Å². The Balaban J connectivity index is 1.95. The fraction of sp³-hybridized carbons (Fsp3) is 0.600. The molecule has 2 rings (SSSR count). The van der Waals surface area contributed by atoms with Crippen molar-refractivity contribution in [2.75, 3.05) is 45.2 Å². The molecule has 1 aromatic rings. The van der Waals surface area contributed by atoms with Gasteiger partial charge in [-0.15, -0.1) is 0 Å². The number of nitrogens with zero attached hydrogens (tertiary/aromatic N) is 1. The molecule has 0 amide bonds. The molecule has 1 aromatic carbocycles. The first-order chi connectivity index (χ1) is 9.74. The molecule has 20 heavy (non-hydrogen) atoms. The molecule has 1 aliphatic heterocycles. The highest BCUT2D eigenvalue weighted by molar-refractivity contribution is 9.10. The Morgan fingerprint density at radius 3 is 3.10 bits per heavy atom. The highest BCUT2D eigenvalue weighted by Crippen LogP contribution is 2.25. The first kappa shape index (κ1) is 15.8. The number of rotatable bonds is 6. The first-order valence-electron chi connectivity index (χ1n) is 7.08. The van der Waals surface area contributed by atoms with Crippen LogP contribution in [0.5, 0.6) is 0 Å². The summed E-state index contributed by atoms with van der Waals surface area (Å²) in [5.41, 5.74) is 2.26. The van der Waals surface area contributed by atoms with Crippen molar-refractivity contribution in [3.8, 4) is 0 Å². The summed E-state index contributed by atoms with van der Waals surface area (Å²) >= 11 is 3.58. The van der Waals surface area contributed by atoms with E-state index in [-0.39, 0.29) is 6.10 Å². The van der Waals surface area contributed by atoms with E-state index in [4.69, 9.17) is 9.47 Å². The highest BCUT2D eigenvalue weighted by atomic mass is 79.9. The molecule has 1 saturated heterocycles. The van der Waals surface area contributed by atoms with Crippen LogP contribution in [0.1, 0.15) is 12.5 Å². The quantitative estimate of drug-likeness (QED) is 0.861. The predicted molar refractivity (Wildman–Crippen MR) is 85.2 cm³/mol. The molecule has 0 saturated carbocycles. The normalized spacial score (nSPS) is 20.1. The summed E-state index contributed by atoms with van der Waals surface area (Å²) in [6, 6.07) is 6.15. The standard InChI is InChI=1S/C15H23BrN2O2/c1-3-18-7-8-20-12(10-18)9-17-15-6-4-5-14(16)13(15)11-19-2/h4-6,12,17H,3,7-11H2,1-2H3. The zero-order valence-corrected chi connectivity index (χ0v) is 13.8. The summed E-state index contributed by atoms with van der Waals surface area (Å²) in [6.45, 7) is 7.56. The van der Waals surface area contributed by atoms with Crippen LogP contribution in [0.3, 0.4) is 0 Å². The largest absolute Gasteiger partial charge is 0.382 e. The third kappa shape index (κ3) is 4.19. The predicted octanol–water partition coefficient (Wildman–Crippen LogP) is 2.73. The monoisotopic (exact) mass is 342 g/mol. The third-order valence-electron chi connectivity index (χ3n) is 3.60. The first-order valence-corrected chi connectivity index (χ1v) is 7.88. The zero-order chi connectivity index (χ0) is 14.4. The van der Waals surface area contributed by atoms with Gasteiger partial charge in [-0.1, -0.05) is 28.9 Å². The van der Waals surface area contributed by atoms with E-state index in [9.17, 15) is 0 Å². The molecule has 1 fully saturated rings. The number of morpholine rings is 1. The van der Waals surface area contributed by atoms with E-state index in [1.807, 2.05) is 12.1 Å². The van der Waals surface area contributed by atoms with Crippen LogP contribution in [0.2, 0.25) is 0 Å². The molecule has 0 radical (unpaired) electrons. The minimum absolute atomic E-state index is 0.248. The van der Waals surface area contributed by atoms with Gasteiger partial charge in [0.15, 0.2) is 0 Å². The molecule has 0 aliphatic carbocycles. The van der Waals surface area contributed by atoms with Gasteiger partial charge in [0.25, 0.3) is 0 Å². The number of anilines is 1. The van der Waals surface area contributed by atoms with Crippen molar-refractivity contribution in [2.24, 2.45) is 0 Å². The molecule has 1 N–H and O–H groups in total. The lowest BCUT2D eigenvalue weighted by Gasteiger charge is -2.32. The second kappa shape index (κ2) is 7.98. The molecular weight excluding hydrogens is 320 g/mol. The summed E-state index contributed by atoms with van der Waals surface area (Å²) in [4.78, 5) is 2.42. The van der Waals surface area contributed by atoms with Gasteiger partial charge < -0.3 is 14.8 Å². The van der Waals surface area contributed by atoms with Crippen LogP contribution >= 0.6 is 15.9 Å². The summed E-state index contributed by atoms with van der Waals surface area (Å²) in [5.74, 6) is 0. The Hall–Kier alpha value is -0.620. The van der Waals surface area contributed by atoms with Crippen molar-refractivity contribution in [1.82, 2.24) is 4.90 Å². The zero-order valence-electron chi connectivity index (χ0n) is 12.2. The second-order valence-corrected chi connectivity index (χ2v) is 5.82. The minimum Gasteiger partial charge on any atom is -0.382 e. The van der Waals surface area contributed by atoms with Crippen LogP contribution in [-0.4, -0.2) is 50.9 Å². The smallest absolute Gasteiger partial charge is 0.0874 e. The van der Waals surface area contributed by atoms with Crippen molar-refractivity contribution in [2.45, 2.75) is 19.6 Å². The summed E-state index contributed by atoms with van der Waals surface area (Å²) in [5, 5.41) is 3.49. The van der Waals surface area contributed by atoms with Gasteiger partial charge in [0.1, 0.15) is 0 Å². The van der Waals surface area contributed by atoms with Crippen LogP contribution in [0.4, 0.5) is 5.69 Å². The molecule has 4 nitrogen and oxygen atoms in total. The van der Waals surface area contributed by atoms with Crippen LogP contribution in [0, 0.1) is 0 Å². The Bertz CT molecular complexity index is 428. The number of nitrogens with one attached hydrogen (secondary N) is 1. The number of benzene rings is 1. The maximum Gasteiger partial charge on any atom is 0.0874 e. The maximum absolute atomic E-state index is 5.81. The number of methoxy groups -OCH3 is 1. The number of halogens is 1. The van der Waals surface area contributed by atoms with Gasteiger partial charge in [-0.2, -0.15) is 0 Å². The minimum atomic E-state index is 0.248. The molecule has 0 spiro atoms. The Kier molecular flexibility index (Phi) is 6.29. The van der Waals surface area contributed by atoms with Crippen LogP contribution in [-0.2, 0) is 16.1 Å². The molecule has 1 heterocycles. The van der Waals surface area contributed by atoms with Gasteiger partial charge >= 0.3 is 0 Å². The fourth-order valence-electron chi connectivity index (χ4n) is 2.43. The van der Waals surface area contributed by atoms with Gasteiger partial charge in [0, 0.05) is 42.5 Å². The second-order valence-electron chi connectivity index (χ2n) is 4.97. The SMILES string of the molecule is CCN1CCOC(CNc2cccc(Br)c2COC)C1. The lowest BCUT2D eigenvalue weighted by Crippen LogP contribution is -2.45. The van der Waals surface area contributed by atoms with E-state index in [2.05, 4.69) is 39.1 Å². The van der Waals surface area contributed by atoms with Gasteiger partial charge in [0.2, 0.25) is 0 Å². The molecule has 1 atom stereocenters. The molecule has 1 unspecified atom stereocenters. The van der Waals surface area contributed by atoms with Crippen molar-refractivity contribution in [3.05, 3.63) is 28.2 Å². The number of hydrogen-bond acceptors (Lipinski definition) is 4. The van der Waals surface area contributed by atoms with Crippen LogP contribution < -0.4 is 5.32 Å². The van der Waals surface area contributed by atoms with Gasteiger partial charge in [-0.3, -0.25) is 4.90 Å². The molecule has 5 heteroatoms. The average Bonchev–Trinajstić information content (AvgIpc) is 2.48. The average molecular weight is 343 g/mol. The Labute approximate surface area is 129 Å². The van der Waals surface area contributed by atoms with Gasteiger partial charge in [-0.25, -0.2) is 0 Å². The third-order valence-corrected chi connectivity index (χ3v) is 4.34. The number of likely N-dealkylation sites (N-methyl/N-ethyl adjacent to an activating group) is 1. The molecule has 1 aliphatic rings. The van der Waals surface area contributed by atoms with Crippen LogP contribution in [0.15, 0.2) is 22.7 Å². The van der Waals surface area contributed by atoms with Gasteiger partial charge in [-0.05, 0) is 18.7 Å².